The Morgan fingerprint density at radius 1 is 0.933 bits per heavy atom. The molecule has 0 spiro atoms. The Labute approximate surface area is 173 Å². The van der Waals surface area contributed by atoms with Crippen molar-refractivity contribution in [1.82, 2.24) is 5.32 Å². The molecule has 1 aromatic rings. The highest BCUT2D eigenvalue weighted by Crippen LogP contribution is 2.27. The van der Waals surface area contributed by atoms with E-state index in [2.05, 4.69) is 5.32 Å². The zero-order valence-corrected chi connectivity index (χ0v) is 17.2. The lowest BCUT2D eigenvalue weighted by atomic mass is 9.95. The fraction of sp³-hybridized carbons (Fsp3) is 0.500. The van der Waals surface area contributed by atoms with Crippen LogP contribution in [-0.4, -0.2) is 68.2 Å². The minimum Gasteiger partial charge on any atom is -0.463 e. The Kier molecular flexibility index (Phi) is 8.31. The standard InChI is InChI=1S/C20H25NO9/c1-11(22)27-10-15-17(28-12(2)23)18(29-13(3)24)16(20(26-4)30-15)21-19(25)14-8-6-5-7-9-14/h5-9,15-18,20H,10H2,1-4H3,(H,21,25). The van der Waals surface area contributed by atoms with Crippen molar-refractivity contribution in [2.24, 2.45) is 0 Å². The minimum absolute atomic E-state index is 0.274. The lowest BCUT2D eigenvalue weighted by Gasteiger charge is -2.44. The number of amides is 1. The molecule has 5 atom stereocenters. The molecule has 5 unspecified atom stereocenters. The van der Waals surface area contributed by atoms with Crippen molar-refractivity contribution in [3.8, 4) is 0 Å². The molecule has 1 heterocycles. The van der Waals surface area contributed by atoms with E-state index in [0.29, 0.717) is 5.56 Å². The first-order valence-electron chi connectivity index (χ1n) is 9.25. The van der Waals surface area contributed by atoms with Gasteiger partial charge in [0.25, 0.3) is 5.91 Å². The number of nitrogens with one attached hydrogen (secondary N) is 1. The topological polar surface area (TPSA) is 126 Å². The second-order valence-corrected chi connectivity index (χ2v) is 6.59. The second kappa shape index (κ2) is 10.7. The van der Waals surface area contributed by atoms with Gasteiger partial charge in [0.05, 0.1) is 0 Å². The predicted octanol–water partition coefficient (Wildman–Crippen LogP) is 0.583. The maximum atomic E-state index is 12.7. The first-order valence-corrected chi connectivity index (χ1v) is 9.25. The number of benzene rings is 1. The molecule has 0 bridgehead atoms. The summed E-state index contributed by atoms with van der Waals surface area (Å²) in [5, 5.41) is 2.72. The van der Waals surface area contributed by atoms with Crippen LogP contribution in [0.25, 0.3) is 0 Å². The molecule has 1 aliphatic rings. The highest BCUT2D eigenvalue weighted by Gasteiger charge is 2.51. The fourth-order valence-corrected chi connectivity index (χ4v) is 3.08. The van der Waals surface area contributed by atoms with Crippen LogP contribution in [0.4, 0.5) is 0 Å². The molecule has 1 aromatic carbocycles. The van der Waals surface area contributed by atoms with Gasteiger partial charge in [-0.2, -0.15) is 0 Å². The first-order chi connectivity index (χ1) is 14.2. The van der Waals surface area contributed by atoms with Crippen molar-refractivity contribution >= 4 is 23.8 Å². The molecule has 1 saturated heterocycles. The van der Waals surface area contributed by atoms with Gasteiger partial charge in [-0.1, -0.05) is 18.2 Å². The van der Waals surface area contributed by atoms with Gasteiger partial charge in [0.2, 0.25) is 0 Å². The summed E-state index contributed by atoms with van der Waals surface area (Å²) in [4.78, 5) is 47.4. The van der Waals surface area contributed by atoms with Crippen LogP contribution in [-0.2, 0) is 38.1 Å². The zero-order chi connectivity index (χ0) is 22.3. The Balaban J connectivity index is 2.36. The molecule has 0 radical (unpaired) electrons. The Bertz CT molecular complexity index is 767. The van der Waals surface area contributed by atoms with Gasteiger partial charge in [-0.15, -0.1) is 0 Å². The number of hydrogen-bond acceptors (Lipinski definition) is 9. The molecule has 0 aromatic heterocycles. The maximum absolute atomic E-state index is 12.7. The Morgan fingerprint density at radius 2 is 1.53 bits per heavy atom. The van der Waals surface area contributed by atoms with Crippen molar-refractivity contribution in [1.29, 1.82) is 0 Å². The van der Waals surface area contributed by atoms with E-state index in [1.54, 1.807) is 30.3 Å². The molecule has 1 aliphatic heterocycles. The summed E-state index contributed by atoms with van der Waals surface area (Å²) < 4.78 is 26.8. The van der Waals surface area contributed by atoms with E-state index in [4.69, 9.17) is 23.7 Å². The van der Waals surface area contributed by atoms with Gasteiger partial charge < -0.3 is 29.0 Å². The molecule has 2 rings (SSSR count). The van der Waals surface area contributed by atoms with Crippen molar-refractivity contribution in [2.45, 2.75) is 51.4 Å². The summed E-state index contributed by atoms with van der Waals surface area (Å²) in [5.74, 6) is -2.38. The average molecular weight is 423 g/mol. The molecule has 1 N–H and O–H groups in total. The number of esters is 3. The van der Waals surface area contributed by atoms with Crippen molar-refractivity contribution in [3.05, 3.63) is 35.9 Å². The highest BCUT2D eigenvalue weighted by atomic mass is 16.7. The molecule has 10 heteroatoms. The van der Waals surface area contributed by atoms with E-state index >= 15 is 0 Å². The first kappa shape index (κ1) is 23.3. The van der Waals surface area contributed by atoms with E-state index in [9.17, 15) is 19.2 Å². The number of methoxy groups -OCH3 is 1. The number of ether oxygens (including phenoxy) is 5. The largest absolute Gasteiger partial charge is 0.463 e. The van der Waals surface area contributed by atoms with Gasteiger partial charge in [0, 0.05) is 33.4 Å². The molecule has 1 amide bonds. The lowest BCUT2D eigenvalue weighted by molar-refractivity contribution is -0.270. The quantitative estimate of drug-likeness (QED) is 0.495. The Morgan fingerprint density at radius 3 is 2.07 bits per heavy atom. The van der Waals surface area contributed by atoms with Crippen molar-refractivity contribution in [3.63, 3.8) is 0 Å². The SMILES string of the molecule is COC1OC(COC(C)=O)C(OC(C)=O)C(OC(C)=O)C1NC(=O)c1ccccc1. The number of hydrogen-bond donors (Lipinski definition) is 1. The predicted molar refractivity (Wildman–Crippen MR) is 101 cm³/mol. The van der Waals surface area contributed by atoms with Gasteiger partial charge in [0.1, 0.15) is 18.8 Å². The van der Waals surface area contributed by atoms with Gasteiger partial charge >= 0.3 is 17.9 Å². The number of carbonyl (C=O) groups excluding carboxylic acids is 4. The normalized spacial score (nSPS) is 25.7. The van der Waals surface area contributed by atoms with Gasteiger partial charge in [-0.05, 0) is 12.1 Å². The summed E-state index contributed by atoms with van der Waals surface area (Å²) in [6.07, 6.45) is -4.37. The van der Waals surface area contributed by atoms with Crippen LogP contribution in [0.5, 0.6) is 0 Å². The van der Waals surface area contributed by atoms with Crippen LogP contribution in [0.3, 0.4) is 0 Å². The summed E-state index contributed by atoms with van der Waals surface area (Å²) in [7, 11) is 1.34. The summed E-state index contributed by atoms with van der Waals surface area (Å²) >= 11 is 0. The smallest absolute Gasteiger partial charge is 0.303 e. The number of carbonyl (C=O) groups is 4. The third-order valence-corrected chi connectivity index (χ3v) is 4.27. The van der Waals surface area contributed by atoms with Crippen LogP contribution in [0.15, 0.2) is 30.3 Å². The molecule has 10 nitrogen and oxygen atoms in total. The molecule has 0 aliphatic carbocycles. The van der Waals surface area contributed by atoms with E-state index in [1.165, 1.54) is 27.9 Å². The monoisotopic (exact) mass is 423 g/mol. The van der Waals surface area contributed by atoms with Crippen LogP contribution in [0.1, 0.15) is 31.1 Å². The molecule has 164 valence electrons. The molecule has 0 saturated carbocycles. The van der Waals surface area contributed by atoms with Crippen LogP contribution >= 0.6 is 0 Å². The van der Waals surface area contributed by atoms with E-state index in [-0.39, 0.29) is 6.61 Å². The fourth-order valence-electron chi connectivity index (χ4n) is 3.08. The van der Waals surface area contributed by atoms with Crippen molar-refractivity contribution in [2.75, 3.05) is 13.7 Å². The Hall–Kier alpha value is -2.98. The minimum atomic E-state index is -1.15. The molecule has 30 heavy (non-hydrogen) atoms. The number of rotatable bonds is 7. The van der Waals surface area contributed by atoms with Gasteiger partial charge in [0.15, 0.2) is 18.5 Å². The molecular weight excluding hydrogens is 398 g/mol. The van der Waals surface area contributed by atoms with Crippen LogP contribution in [0.2, 0.25) is 0 Å². The van der Waals surface area contributed by atoms with Gasteiger partial charge in [-0.25, -0.2) is 0 Å². The second-order valence-electron chi connectivity index (χ2n) is 6.59. The van der Waals surface area contributed by atoms with Crippen molar-refractivity contribution < 1.29 is 42.9 Å². The maximum Gasteiger partial charge on any atom is 0.303 e. The van der Waals surface area contributed by atoms with Crippen LogP contribution < -0.4 is 5.32 Å². The highest BCUT2D eigenvalue weighted by molar-refractivity contribution is 5.94. The van der Waals surface area contributed by atoms with E-state index < -0.39 is 54.5 Å². The summed E-state index contributed by atoms with van der Waals surface area (Å²) in [5.41, 5.74) is 0.361. The van der Waals surface area contributed by atoms with Gasteiger partial charge in [-0.3, -0.25) is 19.2 Å². The van der Waals surface area contributed by atoms with E-state index in [1.807, 2.05) is 0 Å². The third kappa shape index (κ3) is 6.26. The summed E-state index contributed by atoms with van der Waals surface area (Å²) in [6, 6.07) is 7.35. The zero-order valence-electron chi connectivity index (χ0n) is 17.2. The lowest BCUT2D eigenvalue weighted by Crippen LogP contribution is -2.66. The van der Waals surface area contributed by atoms with E-state index in [0.717, 1.165) is 0 Å². The molecular formula is C20H25NO9. The summed E-state index contributed by atoms with van der Waals surface area (Å²) in [6.45, 7) is 3.29. The third-order valence-electron chi connectivity index (χ3n) is 4.27. The molecule has 1 fully saturated rings. The average Bonchev–Trinajstić information content (AvgIpc) is 2.69. The van der Waals surface area contributed by atoms with Crippen LogP contribution in [0, 0.1) is 0 Å².